The molecule has 0 bridgehead atoms. The summed E-state index contributed by atoms with van der Waals surface area (Å²) in [7, 11) is 0. The van der Waals surface area contributed by atoms with Crippen LogP contribution >= 0.6 is 11.8 Å². The Morgan fingerprint density at radius 3 is 2.83 bits per heavy atom. The second kappa shape index (κ2) is 5.44. The van der Waals surface area contributed by atoms with Crippen LogP contribution in [-0.2, 0) is 9.59 Å². The molecule has 1 atom stereocenters. The van der Waals surface area contributed by atoms with E-state index in [1.165, 1.54) is 17.3 Å². The zero-order valence-corrected chi connectivity index (χ0v) is 11.3. The average molecular weight is 264 g/mol. The van der Waals surface area contributed by atoms with Gasteiger partial charge in [0.05, 0.1) is 5.75 Å². The lowest BCUT2D eigenvalue weighted by atomic mass is 10.1. The highest BCUT2D eigenvalue weighted by molar-refractivity contribution is 8.00. The van der Waals surface area contributed by atoms with E-state index in [2.05, 4.69) is 10.6 Å². The zero-order chi connectivity index (χ0) is 13.1. The molecular weight excluding hydrogens is 248 g/mol. The number of aryl methyl sites for hydroxylation is 2. The first-order valence-corrected chi connectivity index (χ1v) is 6.97. The molecule has 1 heterocycles. The summed E-state index contributed by atoms with van der Waals surface area (Å²) in [5, 5.41) is 5.52. The van der Waals surface area contributed by atoms with Gasteiger partial charge in [-0.3, -0.25) is 9.59 Å². The molecule has 96 valence electrons. The molecule has 1 fully saturated rings. The van der Waals surface area contributed by atoms with Crippen molar-refractivity contribution >= 4 is 29.3 Å². The van der Waals surface area contributed by atoms with Crippen molar-refractivity contribution in [3.05, 3.63) is 29.3 Å². The molecule has 1 unspecified atom stereocenters. The number of nitrogens with one attached hydrogen (secondary N) is 2. The monoisotopic (exact) mass is 264 g/mol. The molecule has 0 aliphatic carbocycles. The van der Waals surface area contributed by atoms with Crippen LogP contribution in [0.3, 0.4) is 0 Å². The van der Waals surface area contributed by atoms with Crippen molar-refractivity contribution in [1.29, 1.82) is 0 Å². The lowest BCUT2D eigenvalue weighted by Crippen LogP contribution is -2.49. The maximum absolute atomic E-state index is 12.0. The molecule has 2 amide bonds. The maximum atomic E-state index is 12.0. The number of hydrogen-bond acceptors (Lipinski definition) is 3. The molecule has 1 aliphatic heterocycles. The van der Waals surface area contributed by atoms with Gasteiger partial charge in [0.1, 0.15) is 6.04 Å². The molecule has 0 radical (unpaired) electrons. The maximum Gasteiger partial charge on any atom is 0.247 e. The molecule has 0 saturated carbocycles. The van der Waals surface area contributed by atoms with E-state index in [1.807, 2.05) is 32.0 Å². The lowest BCUT2D eigenvalue weighted by Gasteiger charge is -2.22. The van der Waals surface area contributed by atoms with Gasteiger partial charge in [0.2, 0.25) is 11.8 Å². The molecule has 1 aromatic carbocycles. The standard InChI is InChI=1S/C13H16N2O2S/c1-8-3-4-10(5-9(8)2)14-13(17)11-6-18-7-12(16)15-11/h3-5,11H,6-7H2,1-2H3,(H,14,17)(H,15,16). The normalized spacial score (nSPS) is 19.2. The van der Waals surface area contributed by atoms with Crippen LogP contribution in [-0.4, -0.2) is 29.4 Å². The number of thioether (sulfide) groups is 1. The minimum atomic E-state index is -0.433. The summed E-state index contributed by atoms with van der Waals surface area (Å²) in [6.45, 7) is 4.03. The first-order valence-electron chi connectivity index (χ1n) is 5.81. The summed E-state index contributed by atoms with van der Waals surface area (Å²) in [6.07, 6.45) is 0. The molecule has 2 N–H and O–H groups in total. The van der Waals surface area contributed by atoms with Gasteiger partial charge in [0.25, 0.3) is 0 Å². The van der Waals surface area contributed by atoms with E-state index in [-0.39, 0.29) is 11.8 Å². The molecule has 1 aliphatic rings. The summed E-state index contributed by atoms with van der Waals surface area (Å²) in [4.78, 5) is 23.2. The molecule has 2 rings (SSSR count). The minimum Gasteiger partial charge on any atom is -0.343 e. The molecule has 5 heteroatoms. The second-order valence-electron chi connectivity index (χ2n) is 4.42. The topological polar surface area (TPSA) is 58.2 Å². The van der Waals surface area contributed by atoms with Crippen molar-refractivity contribution in [3.63, 3.8) is 0 Å². The van der Waals surface area contributed by atoms with Gasteiger partial charge >= 0.3 is 0 Å². The number of carbonyl (C=O) groups is 2. The lowest BCUT2D eigenvalue weighted by molar-refractivity contribution is -0.124. The predicted molar refractivity (Wildman–Crippen MR) is 73.8 cm³/mol. The fourth-order valence-electron chi connectivity index (χ4n) is 1.74. The Morgan fingerprint density at radius 2 is 2.17 bits per heavy atom. The van der Waals surface area contributed by atoms with Crippen molar-refractivity contribution in [2.75, 3.05) is 16.8 Å². The number of rotatable bonds is 2. The third-order valence-corrected chi connectivity index (χ3v) is 3.98. The predicted octanol–water partition coefficient (Wildman–Crippen LogP) is 1.47. The van der Waals surface area contributed by atoms with E-state index in [9.17, 15) is 9.59 Å². The van der Waals surface area contributed by atoms with Crippen molar-refractivity contribution in [3.8, 4) is 0 Å². The highest BCUT2D eigenvalue weighted by Gasteiger charge is 2.24. The van der Waals surface area contributed by atoms with Crippen LogP contribution in [0.2, 0.25) is 0 Å². The highest BCUT2D eigenvalue weighted by Crippen LogP contribution is 2.15. The summed E-state index contributed by atoms with van der Waals surface area (Å²) >= 11 is 1.48. The average Bonchev–Trinajstić information content (AvgIpc) is 2.34. The van der Waals surface area contributed by atoms with Crippen molar-refractivity contribution in [2.45, 2.75) is 19.9 Å². The number of hydrogen-bond donors (Lipinski definition) is 2. The van der Waals surface area contributed by atoms with Crippen LogP contribution in [0, 0.1) is 13.8 Å². The number of benzene rings is 1. The van der Waals surface area contributed by atoms with E-state index in [0.717, 1.165) is 11.3 Å². The molecule has 4 nitrogen and oxygen atoms in total. The largest absolute Gasteiger partial charge is 0.343 e. The van der Waals surface area contributed by atoms with Crippen molar-refractivity contribution < 1.29 is 9.59 Å². The minimum absolute atomic E-state index is 0.0773. The summed E-state index contributed by atoms with van der Waals surface area (Å²) in [5.41, 5.74) is 3.09. The number of amides is 2. The first-order chi connectivity index (χ1) is 8.56. The van der Waals surface area contributed by atoms with Gasteiger partial charge in [0, 0.05) is 11.4 Å². The SMILES string of the molecule is Cc1ccc(NC(=O)C2CSCC(=O)N2)cc1C. The van der Waals surface area contributed by atoms with E-state index in [1.54, 1.807) is 0 Å². The Balaban J connectivity index is 2.02. The van der Waals surface area contributed by atoms with Crippen molar-refractivity contribution in [2.24, 2.45) is 0 Å². The van der Waals surface area contributed by atoms with Crippen molar-refractivity contribution in [1.82, 2.24) is 5.32 Å². The van der Waals surface area contributed by atoms with Gasteiger partial charge in [-0.05, 0) is 37.1 Å². The van der Waals surface area contributed by atoms with Gasteiger partial charge in [-0.25, -0.2) is 0 Å². The molecule has 0 spiro atoms. The molecule has 1 aromatic rings. The summed E-state index contributed by atoms with van der Waals surface area (Å²) < 4.78 is 0. The molecule has 0 aromatic heterocycles. The number of anilines is 1. The Kier molecular flexibility index (Phi) is 3.91. The quantitative estimate of drug-likeness (QED) is 0.850. The van der Waals surface area contributed by atoms with E-state index < -0.39 is 6.04 Å². The number of carbonyl (C=O) groups excluding carboxylic acids is 2. The molecule has 18 heavy (non-hydrogen) atoms. The molecular formula is C13H16N2O2S. The van der Waals surface area contributed by atoms with E-state index >= 15 is 0 Å². The van der Waals surface area contributed by atoms with Crippen LogP contribution in [0.1, 0.15) is 11.1 Å². The summed E-state index contributed by atoms with van der Waals surface area (Å²) in [5.74, 6) is 0.834. The second-order valence-corrected chi connectivity index (χ2v) is 5.45. The van der Waals surface area contributed by atoms with Gasteiger partial charge in [-0.2, -0.15) is 0 Å². The van der Waals surface area contributed by atoms with Gasteiger partial charge in [-0.15, -0.1) is 11.8 Å². The third-order valence-electron chi connectivity index (χ3n) is 2.94. The van der Waals surface area contributed by atoms with Crippen LogP contribution in [0.25, 0.3) is 0 Å². The van der Waals surface area contributed by atoms with Gasteiger partial charge in [-0.1, -0.05) is 6.07 Å². The van der Waals surface area contributed by atoms with E-state index in [4.69, 9.17) is 0 Å². The molecule has 1 saturated heterocycles. The smallest absolute Gasteiger partial charge is 0.247 e. The van der Waals surface area contributed by atoms with Gasteiger partial charge < -0.3 is 10.6 Å². The first kappa shape index (κ1) is 13.0. The van der Waals surface area contributed by atoms with Crippen LogP contribution < -0.4 is 10.6 Å². The Bertz CT molecular complexity index is 488. The fraction of sp³-hybridized carbons (Fsp3) is 0.385. The van der Waals surface area contributed by atoms with Crippen LogP contribution in [0.15, 0.2) is 18.2 Å². The van der Waals surface area contributed by atoms with Crippen LogP contribution in [0.4, 0.5) is 5.69 Å². The Labute approximate surface area is 111 Å². The zero-order valence-electron chi connectivity index (χ0n) is 10.4. The Morgan fingerprint density at radius 1 is 1.39 bits per heavy atom. The highest BCUT2D eigenvalue weighted by atomic mass is 32.2. The van der Waals surface area contributed by atoms with E-state index in [0.29, 0.717) is 11.5 Å². The summed E-state index contributed by atoms with van der Waals surface area (Å²) in [6, 6.07) is 5.35. The fourth-order valence-corrected chi connectivity index (χ4v) is 2.59. The third kappa shape index (κ3) is 3.04. The van der Waals surface area contributed by atoms with Gasteiger partial charge in [0.15, 0.2) is 0 Å². The Hall–Kier alpha value is -1.49. The van der Waals surface area contributed by atoms with Crippen LogP contribution in [0.5, 0.6) is 0 Å².